The zero-order valence-corrected chi connectivity index (χ0v) is 13.4. The SMILES string of the molecule is Cc1cc2c(s1)N=C1N(c3ccc(N)cc3)CCC1(C)C2=O. The molecule has 0 saturated carbocycles. The first kappa shape index (κ1) is 13.5. The number of amidine groups is 1. The number of hydrogen-bond donors (Lipinski definition) is 1. The van der Waals surface area contributed by atoms with Crippen molar-refractivity contribution in [1.29, 1.82) is 0 Å². The topological polar surface area (TPSA) is 58.7 Å². The molecule has 0 amide bonds. The average molecular weight is 311 g/mol. The molecule has 1 unspecified atom stereocenters. The second-order valence-electron chi connectivity index (χ2n) is 6.17. The Hall–Kier alpha value is -2.14. The number of hydrogen-bond acceptors (Lipinski definition) is 5. The smallest absolute Gasteiger partial charge is 0.179 e. The highest BCUT2D eigenvalue weighted by Crippen LogP contribution is 2.47. The van der Waals surface area contributed by atoms with Gasteiger partial charge in [0.25, 0.3) is 0 Å². The summed E-state index contributed by atoms with van der Waals surface area (Å²) in [7, 11) is 0. The normalized spacial score (nSPS) is 23.3. The van der Waals surface area contributed by atoms with Gasteiger partial charge < -0.3 is 10.6 Å². The van der Waals surface area contributed by atoms with Crippen molar-refractivity contribution in [2.24, 2.45) is 10.4 Å². The van der Waals surface area contributed by atoms with E-state index in [2.05, 4.69) is 4.90 Å². The van der Waals surface area contributed by atoms with Crippen LogP contribution in [0.5, 0.6) is 0 Å². The second-order valence-corrected chi connectivity index (χ2v) is 7.40. The van der Waals surface area contributed by atoms with Crippen LogP contribution in [0.1, 0.15) is 28.6 Å². The molecule has 2 aliphatic heterocycles. The highest BCUT2D eigenvalue weighted by atomic mass is 32.1. The zero-order valence-electron chi connectivity index (χ0n) is 12.6. The number of carbonyl (C=O) groups excluding carboxylic acids is 1. The lowest BCUT2D eigenvalue weighted by atomic mass is 9.79. The summed E-state index contributed by atoms with van der Waals surface area (Å²) in [5.41, 5.74) is 7.83. The number of nitrogen functional groups attached to an aromatic ring is 1. The summed E-state index contributed by atoms with van der Waals surface area (Å²) in [5.74, 6) is 1.08. The Morgan fingerprint density at radius 3 is 2.77 bits per heavy atom. The van der Waals surface area contributed by atoms with E-state index in [0.29, 0.717) is 0 Å². The first-order chi connectivity index (χ1) is 10.5. The number of benzene rings is 1. The van der Waals surface area contributed by atoms with E-state index < -0.39 is 5.41 Å². The third-order valence-corrected chi connectivity index (χ3v) is 5.52. The molecule has 0 radical (unpaired) electrons. The molecule has 22 heavy (non-hydrogen) atoms. The van der Waals surface area contributed by atoms with Crippen LogP contribution in [0.25, 0.3) is 0 Å². The summed E-state index contributed by atoms with van der Waals surface area (Å²) < 4.78 is 0. The van der Waals surface area contributed by atoms with Gasteiger partial charge in [-0.2, -0.15) is 0 Å². The number of fused-ring (bicyclic) bond motifs is 2. The van der Waals surface area contributed by atoms with E-state index in [9.17, 15) is 4.79 Å². The van der Waals surface area contributed by atoms with Crippen LogP contribution in [-0.2, 0) is 0 Å². The molecule has 1 atom stereocenters. The van der Waals surface area contributed by atoms with Gasteiger partial charge >= 0.3 is 0 Å². The molecule has 0 aliphatic carbocycles. The predicted octanol–water partition coefficient (Wildman–Crippen LogP) is 3.78. The number of aliphatic imine (C=N–C) groups is 1. The van der Waals surface area contributed by atoms with Gasteiger partial charge in [0.2, 0.25) is 0 Å². The third kappa shape index (κ3) is 1.75. The fraction of sp³-hybridized carbons (Fsp3) is 0.294. The monoisotopic (exact) mass is 311 g/mol. The van der Waals surface area contributed by atoms with E-state index in [4.69, 9.17) is 10.7 Å². The van der Waals surface area contributed by atoms with Crippen molar-refractivity contribution >= 4 is 39.3 Å². The standard InChI is InChI=1S/C17H17N3OS/c1-10-9-13-14(21)17(2)7-8-20(16(17)19-15(13)22-10)12-5-3-11(18)4-6-12/h3-6,9H,7-8,18H2,1-2H3. The van der Waals surface area contributed by atoms with Crippen LogP contribution in [0, 0.1) is 12.3 Å². The van der Waals surface area contributed by atoms with Gasteiger partial charge in [-0.3, -0.25) is 4.79 Å². The van der Waals surface area contributed by atoms with Gasteiger partial charge in [0.05, 0.1) is 11.0 Å². The van der Waals surface area contributed by atoms with Gasteiger partial charge in [-0.25, -0.2) is 4.99 Å². The largest absolute Gasteiger partial charge is 0.399 e. The van der Waals surface area contributed by atoms with E-state index in [1.807, 2.05) is 44.2 Å². The quantitative estimate of drug-likeness (QED) is 0.815. The molecule has 1 fully saturated rings. The van der Waals surface area contributed by atoms with Crippen molar-refractivity contribution in [3.05, 3.63) is 40.8 Å². The van der Waals surface area contributed by atoms with Crippen LogP contribution in [0.3, 0.4) is 0 Å². The molecular formula is C17H17N3OS. The highest BCUT2D eigenvalue weighted by molar-refractivity contribution is 7.16. The van der Waals surface area contributed by atoms with Crippen LogP contribution >= 0.6 is 11.3 Å². The molecule has 4 rings (SSSR count). The molecule has 3 heterocycles. The highest BCUT2D eigenvalue weighted by Gasteiger charge is 2.50. The Balaban J connectivity index is 1.85. The number of nitrogens with zero attached hydrogens (tertiary/aromatic N) is 2. The molecule has 1 aromatic heterocycles. The molecule has 5 heteroatoms. The van der Waals surface area contributed by atoms with Crippen molar-refractivity contribution in [3.63, 3.8) is 0 Å². The summed E-state index contributed by atoms with van der Waals surface area (Å²) in [6.07, 6.45) is 0.795. The van der Waals surface area contributed by atoms with Gasteiger partial charge in [-0.05, 0) is 50.6 Å². The molecule has 2 N–H and O–H groups in total. The number of ketones is 1. The summed E-state index contributed by atoms with van der Waals surface area (Å²) in [6, 6.07) is 9.72. The Bertz CT molecular complexity index is 806. The van der Waals surface area contributed by atoms with Gasteiger partial charge in [-0.15, -0.1) is 11.3 Å². The van der Waals surface area contributed by atoms with E-state index >= 15 is 0 Å². The number of anilines is 2. The zero-order chi connectivity index (χ0) is 15.5. The van der Waals surface area contributed by atoms with Crippen molar-refractivity contribution in [3.8, 4) is 0 Å². The maximum atomic E-state index is 12.9. The molecular weight excluding hydrogens is 294 g/mol. The summed E-state index contributed by atoms with van der Waals surface area (Å²) in [4.78, 5) is 21.1. The molecule has 112 valence electrons. The van der Waals surface area contributed by atoms with E-state index in [0.717, 1.165) is 45.6 Å². The van der Waals surface area contributed by atoms with Crippen LogP contribution in [0.4, 0.5) is 16.4 Å². The number of nitrogens with two attached hydrogens (primary N) is 1. The van der Waals surface area contributed by atoms with Crippen molar-refractivity contribution in [2.45, 2.75) is 20.3 Å². The Kier molecular flexibility index (Phi) is 2.72. The van der Waals surface area contributed by atoms with Crippen molar-refractivity contribution in [2.75, 3.05) is 17.2 Å². The lowest BCUT2D eigenvalue weighted by molar-refractivity contribution is 0.0888. The van der Waals surface area contributed by atoms with Gasteiger partial charge in [-0.1, -0.05) is 0 Å². The fourth-order valence-electron chi connectivity index (χ4n) is 3.30. The third-order valence-electron chi connectivity index (χ3n) is 4.58. The molecule has 2 aromatic rings. The van der Waals surface area contributed by atoms with Crippen molar-refractivity contribution < 1.29 is 4.79 Å². The lowest BCUT2D eigenvalue weighted by Crippen LogP contribution is -2.40. The Morgan fingerprint density at radius 2 is 2.05 bits per heavy atom. The van der Waals surface area contributed by atoms with Crippen LogP contribution < -0.4 is 10.6 Å². The molecule has 2 aliphatic rings. The second kappa shape index (κ2) is 4.43. The number of thiophene rings is 1. The van der Waals surface area contributed by atoms with E-state index in [1.165, 1.54) is 0 Å². The molecule has 0 spiro atoms. The first-order valence-corrected chi connectivity index (χ1v) is 8.18. The minimum Gasteiger partial charge on any atom is -0.399 e. The molecule has 4 nitrogen and oxygen atoms in total. The Morgan fingerprint density at radius 1 is 1.32 bits per heavy atom. The maximum absolute atomic E-state index is 12.9. The van der Waals surface area contributed by atoms with E-state index in [1.54, 1.807) is 11.3 Å². The van der Waals surface area contributed by atoms with Crippen LogP contribution in [0.15, 0.2) is 35.3 Å². The van der Waals surface area contributed by atoms with Gasteiger partial charge in [0, 0.05) is 22.8 Å². The van der Waals surface area contributed by atoms with Crippen LogP contribution in [0.2, 0.25) is 0 Å². The van der Waals surface area contributed by atoms with Crippen molar-refractivity contribution in [1.82, 2.24) is 0 Å². The average Bonchev–Trinajstić information content (AvgIpc) is 3.02. The van der Waals surface area contributed by atoms with E-state index in [-0.39, 0.29) is 5.78 Å². The minimum atomic E-state index is -0.512. The summed E-state index contributed by atoms with van der Waals surface area (Å²) in [6.45, 7) is 4.84. The molecule has 1 saturated heterocycles. The minimum absolute atomic E-state index is 0.204. The lowest BCUT2D eigenvalue weighted by Gasteiger charge is -2.29. The summed E-state index contributed by atoms with van der Waals surface area (Å²) in [5, 5.41) is 0.845. The Labute approximate surface area is 133 Å². The number of Topliss-reactive ketones (excluding diaryl/α,β-unsaturated/α-hetero) is 1. The summed E-state index contributed by atoms with van der Waals surface area (Å²) >= 11 is 1.59. The van der Waals surface area contributed by atoms with Gasteiger partial charge in [0.15, 0.2) is 5.78 Å². The number of carbonyl (C=O) groups is 1. The fourth-order valence-corrected chi connectivity index (χ4v) is 4.17. The first-order valence-electron chi connectivity index (χ1n) is 7.36. The number of rotatable bonds is 1. The maximum Gasteiger partial charge on any atom is 0.179 e. The van der Waals surface area contributed by atoms with Crippen LogP contribution in [-0.4, -0.2) is 18.2 Å². The van der Waals surface area contributed by atoms with Gasteiger partial charge in [0.1, 0.15) is 10.8 Å². The molecule has 0 bridgehead atoms. The molecule has 1 aromatic carbocycles. The number of aryl methyl sites for hydroxylation is 1. The predicted molar refractivity (Wildman–Crippen MR) is 91.4 cm³/mol.